The molecule has 0 amide bonds. The monoisotopic (exact) mass is 247 g/mol. The predicted octanol–water partition coefficient (Wildman–Crippen LogP) is 0.661. The molecule has 2 unspecified atom stereocenters. The largest absolute Gasteiger partial charge is 0.300 e. The second-order valence-corrected chi connectivity index (χ2v) is 4.77. The molecule has 0 bridgehead atoms. The summed E-state index contributed by atoms with van der Waals surface area (Å²) < 4.78 is 1.97. The molecule has 0 aromatic carbocycles. The van der Waals surface area contributed by atoms with Gasteiger partial charge in [0.1, 0.15) is 0 Å². The van der Waals surface area contributed by atoms with Crippen molar-refractivity contribution in [1.29, 1.82) is 0 Å². The number of H-pyrrole nitrogens is 1. The van der Waals surface area contributed by atoms with Gasteiger partial charge in [-0.25, -0.2) is 0 Å². The van der Waals surface area contributed by atoms with Crippen LogP contribution in [0.5, 0.6) is 0 Å². The zero-order valence-electron chi connectivity index (χ0n) is 10.6. The number of rotatable bonds is 3. The molecule has 2 aromatic rings. The molecule has 0 radical (unpaired) electrons. The Balaban J connectivity index is 1.78. The van der Waals surface area contributed by atoms with Crippen molar-refractivity contribution in [2.45, 2.75) is 38.3 Å². The quantitative estimate of drug-likeness (QED) is 0.832. The Morgan fingerprint density at radius 3 is 3.22 bits per heavy atom. The fourth-order valence-electron chi connectivity index (χ4n) is 2.61. The molecular weight excluding hydrogens is 230 g/mol. The summed E-state index contributed by atoms with van der Waals surface area (Å²) in [5.74, 6) is 0.700. The SMILES string of the molecule is CC(NC1CCCc2c1cnn2C)c1nn[nH]n1. The van der Waals surface area contributed by atoms with E-state index in [-0.39, 0.29) is 6.04 Å². The topological polar surface area (TPSA) is 84.3 Å². The van der Waals surface area contributed by atoms with E-state index in [0.29, 0.717) is 11.9 Å². The highest BCUT2D eigenvalue weighted by Gasteiger charge is 2.25. The van der Waals surface area contributed by atoms with E-state index in [4.69, 9.17) is 0 Å². The molecule has 3 rings (SSSR count). The minimum Gasteiger partial charge on any atom is -0.300 e. The van der Waals surface area contributed by atoms with Crippen LogP contribution in [0.2, 0.25) is 0 Å². The maximum atomic E-state index is 4.35. The normalized spacial score (nSPS) is 20.7. The lowest BCUT2D eigenvalue weighted by molar-refractivity contribution is 0.402. The van der Waals surface area contributed by atoms with Gasteiger partial charge in [-0.05, 0) is 26.2 Å². The molecular formula is C11H17N7. The summed E-state index contributed by atoms with van der Waals surface area (Å²) in [5.41, 5.74) is 2.64. The average molecular weight is 247 g/mol. The van der Waals surface area contributed by atoms with Crippen molar-refractivity contribution in [3.63, 3.8) is 0 Å². The van der Waals surface area contributed by atoms with Crippen LogP contribution in [-0.2, 0) is 13.5 Å². The van der Waals surface area contributed by atoms with Crippen LogP contribution in [-0.4, -0.2) is 30.4 Å². The minimum atomic E-state index is 0.0832. The molecule has 2 aromatic heterocycles. The number of aryl methyl sites for hydroxylation is 1. The molecule has 0 spiro atoms. The Morgan fingerprint density at radius 2 is 2.44 bits per heavy atom. The van der Waals surface area contributed by atoms with E-state index in [1.54, 1.807) is 0 Å². The van der Waals surface area contributed by atoms with Crippen LogP contribution < -0.4 is 5.32 Å². The maximum Gasteiger partial charge on any atom is 0.191 e. The third-order valence-electron chi connectivity index (χ3n) is 3.58. The summed E-state index contributed by atoms with van der Waals surface area (Å²) >= 11 is 0. The number of tetrazole rings is 1. The molecule has 7 nitrogen and oxygen atoms in total. The molecule has 18 heavy (non-hydrogen) atoms. The Bertz CT molecular complexity index is 515. The van der Waals surface area contributed by atoms with E-state index in [1.165, 1.54) is 17.7 Å². The van der Waals surface area contributed by atoms with E-state index in [9.17, 15) is 0 Å². The van der Waals surface area contributed by atoms with Crippen molar-refractivity contribution in [2.75, 3.05) is 0 Å². The summed E-state index contributed by atoms with van der Waals surface area (Å²) in [6, 6.07) is 0.413. The van der Waals surface area contributed by atoms with Gasteiger partial charge >= 0.3 is 0 Å². The van der Waals surface area contributed by atoms with Gasteiger partial charge in [0.05, 0.1) is 12.2 Å². The van der Waals surface area contributed by atoms with Crippen molar-refractivity contribution < 1.29 is 0 Å². The first-order valence-electron chi connectivity index (χ1n) is 6.26. The predicted molar refractivity (Wildman–Crippen MR) is 64.6 cm³/mol. The maximum absolute atomic E-state index is 4.35. The lowest BCUT2D eigenvalue weighted by atomic mass is 9.92. The third-order valence-corrected chi connectivity index (χ3v) is 3.58. The van der Waals surface area contributed by atoms with Gasteiger partial charge in [0.2, 0.25) is 0 Å². The Kier molecular flexibility index (Phi) is 2.83. The van der Waals surface area contributed by atoms with Crippen molar-refractivity contribution in [3.8, 4) is 0 Å². The Hall–Kier alpha value is -1.76. The Morgan fingerprint density at radius 1 is 1.56 bits per heavy atom. The molecule has 7 heteroatoms. The highest BCUT2D eigenvalue weighted by Crippen LogP contribution is 2.30. The zero-order valence-corrected chi connectivity index (χ0v) is 10.6. The molecule has 2 heterocycles. The molecule has 0 saturated heterocycles. The van der Waals surface area contributed by atoms with Crippen LogP contribution in [0.15, 0.2) is 6.20 Å². The molecule has 0 saturated carbocycles. The van der Waals surface area contributed by atoms with Gasteiger partial charge in [-0.15, -0.1) is 10.2 Å². The van der Waals surface area contributed by atoms with Gasteiger partial charge < -0.3 is 5.32 Å². The lowest BCUT2D eigenvalue weighted by Crippen LogP contribution is -2.28. The van der Waals surface area contributed by atoms with Crippen LogP contribution in [0.4, 0.5) is 0 Å². The van der Waals surface area contributed by atoms with E-state index < -0.39 is 0 Å². The van der Waals surface area contributed by atoms with Gasteiger partial charge in [-0.1, -0.05) is 5.21 Å². The van der Waals surface area contributed by atoms with Gasteiger partial charge in [0.15, 0.2) is 5.82 Å². The van der Waals surface area contributed by atoms with Crippen molar-refractivity contribution >= 4 is 0 Å². The number of hydrogen-bond donors (Lipinski definition) is 2. The van der Waals surface area contributed by atoms with Gasteiger partial charge in [-0.2, -0.15) is 10.3 Å². The van der Waals surface area contributed by atoms with Crippen molar-refractivity contribution in [2.24, 2.45) is 7.05 Å². The fraction of sp³-hybridized carbons (Fsp3) is 0.636. The van der Waals surface area contributed by atoms with Gasteiger partial charge in [-0.3, -0.25) is 4.68 Å². The third kappa shape index (κ3) is 1.90. The van der Waals surface area contributed by atoms with Crippen LogP contribution in [0.1, 0.15) is 48.9 Å². The zero-order chi connectivity index (χ0) is 12.5. The highest BCUT2D eigenvalue weighted by molar-refractivity contribution is 5.25. The van der Waals surface area contributed by atoms with E-state index in [2.05, 4.69) is 38.0 Å². The molecule has 96 valence electrons. The summed E-state index contributed by atoms with van der Waals surface area (Å²) in [4.78, 5) is 0. The van der Waals surface area contributed by atoms with Crippen LogP contribution in [0, 0.1) is 0 Å². The standard InChI is InChI=1S/C11H17N7/c1-7(11-14-16-17-15-11)13-9-4-3-5-10-8(9)6-12-18(10)2/h6-7,9,13H,3-5H2,1-2H3,(H,14,15,16,17). The molecule has 0 aliphatic heterocycles. The summed E-state index contributed by atoms with van der Waals surface area (Å²) in [6.07, 6.45) is 5.39. The summed E-state index contributed by atoms with van der Waals surface area (Å²) in [6.45, 7) is 2.05. The van der Waals surface area contributed by atoms with Crippen LogP contribution >= 0.6 is 0 Å². The lowest BCUT2D eigenvalue weighted by Gasteiger charge is -2.26. The Labute approximate surface area is 105 Å². The number of aromatic amines is 1. The number of aromatic nitrogens is 6. The van der Waals surface area contributed by atoms with Crippen LogP contribution in [0.25, 0.3) is 0 Å². The van der Waals surface area contributed by atoms with Crippen molar-refractivity contribution in [1.82, 2.24) is 35.7 Å². The second-order valence-electron chi connectivity index (χ2n) is 4.77. The number of nitrogens with zero attached hydrogens (tertiary/aromatic N) is 5. The fourth-order valence-corrected chi connectivity index (χ4v) is 2.61. The molecule has 0 fully saturated rings. The van der Waals surface area contributed by atoms with Crippen LogP contribution in [0.3, 0.4) is 0 Å². The van der Waals surface area contributed by atoms with Crippen molar-refractivity contribution in [3.05, 3.63) is 23.3 Å². The summed E-state index contributed by atoms with van der Waals surface area (Å²) in [5, 5.41) is 22.0. The first kappa shape index (κ1) is 11.3. The minimum absolute atomic E-state index is 0.0832. The molecule has 2 N–H and O–H groups in total. The molecule has 2 atom stereocenters. The smallest absolute Gasteiger partial charge is 0.191 e. The second kappa shape index (κ2) is 4.49. The molecule has 1 aliphatic carbocycles. The van der Waals surface area contributed by atoms with E-state index in [0.717, 1.165) is 12.8 Å². The van der Waals surface area contributed by atoms with E-state index >= 15 is 0 Å². The van der Waals surface area contributed by atoms with Gasteiger partial charge in [0.25, 0.3) is 0 Å². The average Bonchev–Trinajstić information content (AvgIpc) is 3.00. The first-order chi connectivity index (χ1) is 8.75. The number of fused-ring (bicyclic) bond motifs is 1. The highest BCUT2D eigenvalue weighted by atomic mass is 15.5. The van der Waals surface area contributed by atoms with Gasteiger partial charge in [0, 0.05) is 24.3 Å². The van der Waals surface area contributed by atoms with E-state index in [1.807, 2.05) is 17.9 Å². The number of hydrogen-bond acceptors (Lipinski definition) is 5. The molecule has 1 aliphatic rings. The number of nitrogens with one attached hydrogen (secondary N) is 2. The summed E-state index contributed by atoms with van der Waals surface area (Å²) in [7, 11) is 2.00. The first-order valence-corrected chi connectivity index (χ1v) is 6.26.